The van der Waals surface area contributed by atoms with Gasteiger partial charge in [-0.15, -0.1) is 0 Å². The second-order valence-electron chi connectivity index (χ2n) is 7.00. The van der Waals surface area contributed by atoms with Crippen molar-refractivity contribution in [1.82, 2.24) is 9.80 Å². The fourth-order valence-electron chi connectivity index (χ4n) is 4.18. The first-order valence-electron chi connectivity index (χ1n) is 8.67. The second kappa shape index (κ2) is 7.08. The van der Waals surface area contributed by atoms with Crippen molar-refractivity contribution in [3.05, 3.63) is 0 Å². The molecule has 2 fully saturated rings. The van der Waals surface area contributed by atoms with Crippen LogP contribution in [-0.4, -0.2) is 47.6 Å². The standard InChI is InChI=1S/C17H34N2/c1-5-9-15(6-2)19-12-16-10-7-8-11-18(16)13-17(19)14(3)4/h14-17H,5-13H2,1-4H3. The highest BCUT2D eigenvalue weighted by molar-refractivity contribution is 4.94. The quantitative estimate of drug-likeness (QED) is 0.747. The lowest BCUT2D eigenvalue weighted by atomic mass is 9.89. The van der Waals surface area contributed by atoms with Gasteiger partial charge < -0.3 is 0 Å². The summed E-state index contributed by atoms with van der Waals surface area (Å²) in [5.74, 6) is 0.786. The minimum absolute atomic E-state index is 0.783. The van der Waals surface area contributed by atoms with Crippen LogP contribution in [0.5, 0.6) is 0 Å². The van der Waals surface area contributed by atoms with Crippen molar-refractivity contribution in [3.8, 4) is 0 Å². The maximum Gasteiger partial charge on any atom is 0.0249 e. The lowest BCUT2D eigenvalue weighted by Crippen LogP contribution is -2.63. The van der Waals surface area contributed by atoms with Gasteiger partial charge >= 0.3 is 0 Å². The lowest BCUT2D eigenvalue weighted by Gasteiger charge is -2.52. The zero-order chi connectivity index (χ0) is 13.8. The summed E-state index contributed by atoms with van der Waals surface area (Å²) in [6.07, 6.45) is 8.34. The van der Waals surface area contributed by atoms with Gasteiger partial charge in [0.05, 0.1) is 0 Å². The van der Waals surface area contributed by atoms with Crippen molar-refractivity contribution < 1.29 is 0 Å². The Morgan fingerprint density at radius 3 is 2.53 bits per heavy atom. The van der Waals surface area contributed by atoms with Gasteiger partial charge in [0.15, 0.2) is 0 Å². The van der Waals surface area contributed by atoms with E-state index in [0.717, 1.165) is 24.0 Å². The van der Waals surface area contributed by atoms with Gasteiger partial charge in [-0.25, -0.2) is 0 Å². The van der Waals surface area contributed by atoms with Gasteiger partial charge in [0.1, 0.15) is 0 Å². The van der Waals surface area contributed by atoms with E-state index in [9.17, 15) is 0 Å². The molecule has 2 rings (SSSR count). The summed E-state index contributed by atoms with van der Waals surface area (Å²) in [4.78, 5) is 5.68. The van der Waals surface area contributed by atoms with Crippen molar-refractivity contribution in [1.29, 1.82) is 0 Å². The lowest BCUT2D eigenvalue weighted by molar-refractivity contribution is -0.0327. The maximum absolute atomic E-state index is 2.89. The molecule has 112 valence electrons. The van der Waals surface area contributed by atoms with Gasteiger partial charge in [0, 0.05) is 31.2 Å². The molecule has 0 aromatic rings. The number of piperidine rings is 1. The normalized spacial score (nSPS) is 31.4. The Bertz CT molecular complexity index is 264. The van der Waals surface area contributed by atoms with E-state index in [1.165, 1.54) is 58.2 Å². The predicted octanol–water partition coefficient (Wildman–Crippen LogP) is 3.76. The molecule has 3 atom stereocenters. The number of hydrogen-bond donors (Lipinski definition) is 0. The van der Waals surface area contributed by atoms with Crippen LogP contribution in [-0.2, 0) is 0 Å². The maximum atomic E-state index is 2.89. The molecule has 2 heteroatoms. The SMILES string of the molecule is CCCC(CC)N1CC2CCCCN2CC1C(C)C. The van der Waals surface area contributed by atoms with E-state index >= 15 is 0 Å². The van der Waals surface area contributed by atoms with Crippen LogP contribution < -0.4 is 0 Å². The van der Waals surface area contributed by atoms with Crippen LogP contribution in [0.15, 0.2) is 0 Å². The van der Waals surface area contributed by atoms with Gasteiger partial charge in [0.2, 0.25) is 0 Å². The van der Waals surface area contributed by atoms with E-state index in [1.807, 2.05) is 0 Å². The van der Waals surface area contributed by atoms with E-state index < -0.39 is 0 Å². The molecule has 0 N–H and O–H groups in total. The summed E-state index contributed by atoms with van der Waals surface area (Å²) in [7, 11) is 0. The number of nitrogens with zero attached hydrogens (tertiary/aromatic N) is 2. The molecule has 2 aliphatic rings. The topological polar surface area (TPSA) is 6.48 Å². The Morgan fingerprint density at radius 2 is 1.89 bits per heavy atom. The molecule has 2 nitrogen and oxygen atoms in total. The Kier molecular flexibility index (Phi) is 5.70. The van der Waals surface area contributed by atoms with Crippen LogP contribution in [0.4, 0.5) is 0 Å². The highest BCUT2D eigenvalue weighted by atomic mass is 15.3. The Hall–Kier alpha value is -0.0800. The molecule has 0 aliphatic carbocycles. The number of fused-ring (bicyclic) bond motifs is 1. The third kappa shape index (κ3) is 3.52. The molecule has 0 aromatic heterocycles. The first-order chi connectivity index (χ1) is 9.17. The Labute approximate surface area is 120 Å². The average molecular weight is 266 g/mol. The zero-order valence-electron chi connectivity index (χ0n) is 13.6. The molecule has 0 amide bonds. The highest BCUT2D eigenvalue weighted by Gasteiger charge is 2.38. The van der Waals surface area contributed by atoms with Crippen LogP contribution in [0, 0.1) is 5.92 Å². The third-order valence-electron chi connectivity index (χ3n) is 5.35. The largest absolute Gasteiger partial charge is 0.298 e. The fourth-order valence-corrected chi connectivity index (χ4v) is 4.18. The van der Waals surface area contributed by atoms with Crippen LogP contribution in [0.2, 0.25) is 0 Å². The molecule has 0 radical (unpaired) electrons. The van der Waals surface area contributed by atoms with Gasteiger partial charge in [-0.3, -0.25) is 9.80 Å². The summed E-state index contributed by atoms with van der Waals surface area (Å²) >= 11 is 0. The van der Waals surface area contributed by atoms with Crippen LogP contribution in [0.1, 0.15) is 66.2 Å². The minimum atomic E-state index is 0.783. The molecular formula is C17H34N2. The molecule has 0 aromatic carbocycles. The summed E-state index contributed by atoms with van der Waals surface area (Å²) in [6, 6.07) is 2.46. The summed E-state index contributed by atoms with van der Waals surface area (Å²) in [5.41, 5.74) is 0. The van der Waals surface area contributed by atoms with Crippen molar-refractivity contribution in [2.75, 3.05) is 19.6 Å². The van der Waals surface area contributed by atoms with Crippen molar-refractivity contribution >= 4 is 0 Å². The molecule has 0 saturated carbocycles. The van der Waals surface area contributed by atoms with Gasteiger partial charge in [-0.2, -0.15) is 0 Å². The molecule has 2 aliphatic heterocycles. The van der Waals surface area contributed by atoms with Gasteiger partial charge in [0.25, 0.3) is 0 Å². The first-order valence-corrected chi connectivity index (χ1v) is 8.67. The predicted molar refractivity (Wildman–Crippen MR) is 83.5 cm³/mol. The summed E-state index contributed by atoms with van der Waals surface area (Å²) in [6.45, 7) is 13.6. The molecule has 3 unspecified atom stereocenters. The molecular weight excluding hydrogens is 232 g/mol. The number of piperazine rings is 1. The van der Waals surface area contributed by atoms with E-state index in [4.69, 9.17) is 0 Å². The van der Waals surface area contributed by atoms with E-state index in [-0.39, 0.29) is 0 Å². The van der Waals surface area contributed by atoms with E-state index in [2.05, 4.69) is 37.5 Å². The first kappa shape index (κ1) is 15.3. The highest BCUT2D eigenvalue weighted by Crippen LogP contribution is 2.30. The summed E-state index contributed by atoms with van der Waals surface area (Å²) < 4.78 is 0. The number of rotatable bonds is 5. The van der Waals surface area contributed by atoms with Crippen LogP contribution in [0.3, 0.4) is 0 Å². The van der Waals surface area contributed by atoms with E-state index in [1.54, 1.807) is 0 Å². The van der Waals surface area contributed by atoms with Gasteiger partial charge in [-0.1, -0.05) is 40.5 Å². The fraction of sp³-hybridized carbons (Fsp3) is 1.00. The zero-order valence-corrected chi connectivity index (χ0v) is 13.6. The molecule has 2 heterocycles. The summed E-state index contributed by atoms with van der Waals surface area (Å²) in [5, 5.41) is 0. The average Bonchev–Trinajstić information content (AvgIpc) is 2.43. The minimum Gasteiger partial charge on any atom is -0.298 e. The Morgan fingerprint density at radius 1 is 1.11 bits per heavy atom. The smallest absolute Gasteiger partial charge is 0.0249 e. The molecule has 19 heavy (non-hydrogen) atoms. The number of hydrogen-bond acceptors (Lipinski definition) is 2. The van der Waals surface area contributed by atoms with E-state index in [0.29, 0.717) is 0 Å². The molecule has 0 spiro atoms. The third-order valence-corrected chi connectivity index (χ3v) is 5.35. The monoisotopic (exact) mass is 266 g/mol. The molecule has 0 bridgehead atoms. The van der Waals surface area contributed by atoms with Crippen molar-refractivity contribution in [2.45, 2.75) is 84.3 Å². The van der Waals surface area contributed by atoms with Gasteiger partial charge in [-0.05, 0) is 38.1 Å². The van der Waals surface area contributed by atoms with Crippen LogP contribution >= 0.6 is 0 Å². The second-order valence-corrected chi connectivity index (χ2v) is 7.00. The Balaban J connectivity index is 2.08. The van der Waals surface area contributed by atoms with Crippen LogP contribution in [0.25, 0.3) is 0 Å². The molecule has 2 saturated heterocycles. The van der Waals surface area contributed by atoms with Crippen molar-refractivity contribution in [3.63, 3.8) is 0 Å². The van der Waals surface area contributed by atoms with Crippen molar-refractivity contribution in [2.24, 2.45) is 5.92 Å².